The van der Waals surface area contributed by atoms with E-state index in [1.54, 1.807) is 11.3 Å². The van der Waals surface area contributed by atoms with E-state index in [1.165, 1.54) is 29.8 Å². The molecule has 0 spiro atoms. The normalized spacial score (nSPS) is 22.6. The van der Waals surface area contributed by atoms with Crippen molar-refractivity contribution >= 4 is 28.3 Å². The molecule has 1 aromatic heterocycles. The number of aryl methyl sites for hydroxylation is 2. The number of hydrogen-bond donors (Lipinski definition) is 2. The van der Waals surface area contributed by atoms with E-state index < -0.39 is 0 Å². The molecule has 1 aliphatic heterocycles. The van der Waals surface area contributed by atoms with Crippen molar-refractivity contribution in [3.05, 3.63) is 10.6 Å². The summed E-state index contributed by atoms with van der Waals surface area (Å²) in [6.07, 6.45) is 6.86. The van der Waals surface area contributed by atoms with Crippen LogP contribution < -0.4 is 10.6 Å². The molecule has 2 amide bonds. The standard InChI is InChI=1S/C14H19N3O2S/c18-12-7-6-9(8-15-12)13(19)17-14-16-10-4-2-1-3-5-11(10)20-14/h9H,1-8H2,(H,15,18)(H,16,17,19)/t9-/m0/s1. The van der Waals surface area contributed by atoms with Crippen molar-refractivity contribution in [2.24, 2.45) is 5.92 Å². The zero-order valence-electron chi connectivity index (χ0n) is 11.4. The SMILES string of the molecule is O=C1CC[C@H](C(=O)Nc2nc3c(s2)CCCCC3)CN1. The number of carbonyl (C=O) groups is 2. The molecule has 0 aromatic carbocycles. The fourth-order valence-corrected chi connectivity index (χ4v) is 3.80. The van der Waals surface area contributed by atoms with Crippen molar-refractivity contribution in [2.45, 2.75) is 44.9 Å². The van der Waals surface area contributed by atoms with Crippen molar-refractivity contribution in [3.8, 4) is 0 Å². The first-order valence-corrected chi connectivity index (χ1v) is 8.10. The van der Waals surface area contributed by atoms with Gasteiger partial charge < -0.3 is 10.6 Å². The maximum atomic E-state index is 12.2. The fraction of sp³-hybridized carbons (Fsp3) is 0.643. The Balaban J connectivity index is 1.63. The number of hydrogen-bond acceptors (Lipinski definition) is 4. The number of nitrogens with zero attached hydrogens (tertiary/aromatic N) is 1. The second kappa shape index (κ2) is 5.91. The van der Waals surface area contributed by atoms with Gasteiger partial charge in [-0.2, -0.15) is 0 Å². The molecule has 5 nitrogen and oxygen atoms in total. The number of nitrogens with one attached hydrogen (secondary N) is 2. The van der Waals surface area contributed by atoms with E-state index >= 15 is 0 Å². The van der Waals surface area contributed by atoms with Gasteiger partial charge in [-0.3, -0.25) is 9.59 Å². The minimum Gasteiger partial charge on any atom is -0.355 e. The highest BCUT2D eigenvalue weighted by molar-refractivity contribution is 7.15. The highest BCUT2D eigenvalue weighted by Crippen LogP contribution is 2.29. The van der Waals surface area contributed by atoms with Crippen LogP contribution in [0.5, 0.6) is 0 Å². The van der Waals surface area contributed by atoms with Gasteiger partial charge in [0, 0.05) is 17.8 Å². The molecule has 0 saturated carbocycles. The molecule has 108 valence electrons. The molecule has 2 N–H and O–H groups in total. The zero-order valence-corrected chi connectivity index (χ0v) is 12.2. The Hall–Kier alpha value is -1.43. The number of amides is 2. The molecule has 0 bridgehead atoms. The third kappa shape index (κ3) is 3.00. The summed E-state index contributed by atoms with van der Waals surface area (Å²) in [5.74, 6) is -0.111. The summed E-state index contributed by atoms with van der Waals surface area (Å²) in [5, 5.41) is 6.38. The van der Waals surface area contributed by atoms with Crippen LogP contribution in [0.4, 0.5) is 5.13 Å². The molecular formula is C14H19N3O2S. The van der Waals surface area contributed by atoms with Gasteiger partial charge >= 0.3 is 0 Å². The van der Waals surface area contributed by atoms with Gasteiger partial charge in [-0.15, -0.1) is 11.3 Å². The van der Waals surface area contributed by atoms with Crippen LogP contribution in [0.25, 0.3) is 0 Å². The number of aromatic nitrogens is 1. The molecule has 20 heavy (non-hydrogen) atoms. The number of rotatable bonds is 2. The van der Waals surface area contributed by atoms with Gasteiger partial charge in [-0.1, -0.05) is 6.42 Å². The first-order valence-electron chi connectivity index (χ1n) is 7.28. The molecule has 1 saturated heterocycles. The van der Waals surface area contributed by atoms with E-state index in [4.69, 9.17) is 0 Å². The van der Waals surface area contributed by atoms with Gasteiger partial charge in [0.1, 0.15) is 0 Å². The maximum Gasteiger partial charge on any atom is 0.231 e. The van der Waals surface area contributed by atoms with Crippen LogP contribution in [0, 0.1) is 5.92 Å². The maximum absolute atomic E-state index is 12.2. The van der Waals surface area contributed by atoms with Gasteiger partial charge in [0.15, 0.2) is 5.13 Å². The van der Waals surface area contributed by atoms with Crippen molar-refractivity contribution in [2.75, 3.05) is 11.9 Å². The fourth-order valence-electron chi connectivity index (χ4n) is 2.75. The van der Waals surface area contributed by atoms with Gasteiger partial charge in [0.2, 0.25) is 11.8 Å². The smallest absolute Gasteiger partial charge is 0.231 e. The van der Waals surface area contributed by atoms with Gasteiger partial charge in [0.25, 0.3) is 0 Å². The summed E-state index contributed by atoms with van der Waals surface area (Å²) < 4.78 is 0. The second-order valence-corrected chi connectivity index (χ2v) is 6.56. The molecule has 3 rings (SSSR count). The van der Waals surface area contributed by atoms with E-state index in [0.29, 0.717) is 19.4 Å². The largest absolute Gasteiger partial charge is 0.355 e. The van der Waals surface area contributed by atoms with Crippen molar-refractivity contribution < 1.29 is 9.59 Å². The van der Waals surface area contributed by atoms with E-state index in [1.807, 2.05) is 0 Å². The molecule has 1 fully saturated rings. The number of thiazole rings is 1. The first-order chi connectivity index (χ1) is 9.72. The Labute approximate surface area is 122 Å². The Morgan fingerprint density at radius 1 is 1.25 bits per heavy atom. The lowest BCUT2D eigenvalue weighted by Gasteiger charge is -2.20. The predicted molar refractivity (Wildman–Crippen MR) is 77.7 cm³/mol. The summed E-state index contributed by atoms with van der Waals surface area (Å²) in [6, 6.07) is 0. The highest BCUT2D eigenvalue weighted by atomic mass is 32.1. The predicted octanol–water partition coefficient (Wildman–Crippen LogP) is 1.88. The van der Waals surface area contributed by atoms with E-state index in [0.717, 1.165) is 18.0 Å². The summed E-state index contributed by atoms with van der Waals surface area (Å²) in [5.41, 5.74) is 1.17. The van der Waals surface area contributed by atoms with Gasteiger partial charge in [-0.05, 0) is 32.1 Å². The lowest BCUT2D eigenvalue weighted by molar-refractivity contribution is -0.126. The molecular weight excluding hydrogens is 274 g/mol. The van der Waals surface area contributed by atoms with Crippen molar-refractivity contribution in [1.82, 2.24) is 10.3 Å². The van der Waals surface area contributed by atoms with Crippen LogP contribution >= 0.6 is 11.3 Å². The van der Waals surface area contributed by atoms with Crippen LogP contribution in [0.15, 0.2) is 0 Å². The summed E-state index contributed by atoms with van der Waals surface area (Å²) in [4.78, 5) is 29.1. The Morgan fingerprint density at radius 2 is 2.10 bits per heavy atom. The number of fused-ring (bicyclic) bond motifs is 1. The average molecular weight is 293 g/mol. The summed E-state index contributed by atoms with van der Waals surface area (Å²) in [7, 11) is 0. The molecule has 0 unspecified atom stereocenters. The van der Waals surface area contributed by atoms with E-state index in [-0.39, 0.29) is 17.7 Å². The third-order valence-electron chi connectivity index (χ3n) is 3.96. The monoisotopic (exact) mass is 293 g/mol. The van der Waals surface area contributed by atoms with Gasteiger partial charge in [0.05, 0.1) is 11.6 Å². The van der Waals surface area contributed by atoms with Crippen LogP contribution in [0.1, 0.15) is 42.7 Å². The lowest BCUT2D eigenvalue weighted by atomic mass is 9.98. The Morgan fingerprint density at radius 3 is 2.90 bits per heavy atom. The second-order valence-electron chi connectivity index (χ2n) is 5.48. The third-order valence-corrected chi connectivity index (χ3v) is 5.03. The van der Waals surface area contributed by atoms with Crippen molar-refractivity contribution in [1.29, 1.82) is 0 Å². The molecule has 0 radical (unpaired) electrons. The molecule has 1 aliphatic carbocycles. The average Bonchev–Trinajstić information content (AvgIpc) is 2.68. The van der Waals surface area contributed by atoms with Gasteiger partial charge in [-0.25, -0.2) is 4.98 Å². The summed E-state index contributed by atoms with van der Waals surface area (Å²) in [6.45, 7) is 0.440. The first kappa shape index (κ1) is 13.5. The highest BCUT2D eigenvalue weighted by Gasteiger charge is 2.25. The van der Waals surface area contributed by atoms with Crippen LogP contribution in [-0.4, -0.2) is 23.3 Å². The lowest BCUT2D eigenvalue weighted by Crippen LogP contribution is -2.40. The number of anilines is 1. The number of carbonyl (C=O) groups excluding carboxylic acids is 2. The minimum atomic E-state index is -0.128. The van der Waals surface area contributed by atoms with Crippen LogP contribution in [0.2, 0.25) is 0 Å². The summed E-state index contributed by atoms with van der Waals surface area (Å²) >= 11 is 1.61. The Kier molecular flexibility index (Phi) is 4.00. The zero-order chi connectivity index (χ0) is 13.9. The molecule has 6 heteroatoms. The van der Waals surface area contributed by atoms with E-state index in [2.05, 4.69) is 15.6 Å². The minimum absolute atomic E-state index is 0.0195. The number of piperidine rings is 1. The molecule has 2 aliphatic rings. The molecule has 1 aromatic rings. The van der Waals surface area contributed by atoms with Crippen LogP contribution in [0.3, 0.4) is 0 Å². The quantitative estimate of drug-likeness (QED) is 0.818. The van der Waals surface area contributed by atoms with Crippen LogP contribution in [-0.2, 0) is 22.4 Å². The Bertz CT molecular complexity index is 493. The molecule has 1 atom stereocenters. The van der Waals surface area contributed by atoms with Crippen molar-refractivity contribution in [3.63, 3.8) is 0 Å². The molecule has 2 heterocycles. The topological polar surface area (TPSA) is 71.1 Å². The van der Waals surface area contributed by atoms with E-state index in [9.17, 15) is 9.59 Å².